The molecule has 0 aliphatic carbocycles. The number of hydrogen-bond acceptors (Lipinski definition) is 7. The van der Waals surface area contributed by atoms with Crippen LogP contribution < -0.4 is 5.73 Å². The van der Waals surface area contributed by atoms with Crippen LogP contribution in [0.2, 0.25) is 0 Å². The number of phosphoric acid groups is 1. The molecule has 9 nitrogen and oxygen atoms in total. The Morgan fingerprint density at radius 1 is 0.650 bits per heavy atom. The summed E-state index contributed by atoms with van der Waals surface area (Å²) in [6, 6.07) is 0. The fourth-order valence-electron chi connectivity index (χ4n) is 4.35. The summed E-state index contributed by atoms with van der Waals surface area (Å²) in [6.07, 6.45) is 21.6. The molecule has 238 valence electrons. The van der Waals surface area contributed by atoms with Gasteiger partial charge in [-0.15, -0.1) is 0 Å². The Hall–Kier alpha value is -0.990. The summed E-state index contributed by atoms with van der Waals surface area (Å²) in [7, 11) is -4.31. The van der Waals surface area contributed by atoms with E-state index in [0.717, 1.165) is 38.5 Å². The maximum absolute atomic E-state index is 12.3. The average molecular weight is 595 g/mol. The van der Waals surface area contributed by atoms with E-state index in [9.17, 15) is 19.0 Å². The Kier molecular flexibility index (Phi) is 27.4. The highest BCUT2D eigenvalue weighted by molar-refractivity contribution is 7.47. The van der Waals surface area contributed by atoms with Crippen molar-refractivity contribution in [1.82, 2.24) is 0 Å². The van der Waals surface area contributed by atoms with E-state index >= 15 is 0 Å². The lowest BCUT2D eigenvalue weighted by Crippen LogP contribution is -2.52. The molecular weight excluding hydrogens is 533 g/mol. The van der Waals surface area contributed by atoms with Crippen LogP contribution in [-0.2, 0) is 32.7 Å². The summed E-state index contributed by atoms with van der Waals surface area (Å²) in [5, 5.41) is 0. The molecule has 0 saturated carbocycles. The monoisotopic (exact) mass is 594 g/mol. The Morgan fingerprint density at radius 3 is 1.52 bits per heavy atom. The highest BCUT2D eigenvalue weighted by Crippen LogP contribution is 2.43. The minimum atomic E-state index is -4.31. The molecule has 10 heteroatoms. The molecule has 0 fully saturated rings. The molecule has 0 saturated heterocycles. The van der Waals surface area contributed by atoms with Crippen molar-refractivity contribution in [3.05, 3.63) is 0 Å². The first-order valence-electron chi connectivity index (χ1n) is 16.1. The van der Waals surface area contributed by atoms with E-state index in [-0.39, 0.29) is 25.6 Å². The second-order valence-corrected chi connectivity index (χ2v) is 12.2. The molecular formula is C30H61NO8P+. The topological polar surface area (TPSA) is 136 Å². The van der Waals surface area contributed by atoms with Crippen LogP contribution in [0.5, 0.6) is 0 Å². The van der Waals surface area contributed by atoms with Gasteiger partial charge in [-0.2, -0.15) is 0 Å². The van der Waals surface area contributed by atoms with Gasteiger partial charge in [0.2, 0.25) is 0 Å². The van der Waals surface area contributed by atoms with Gasteiger partial charge >= 0.3 is 19.8 Å². The van der Waals surface area contributed by atoms with Crippen molar-refractivity contribution in [1.29, 1.82) is 0 Å². The first kappa shape index (κ1) is 39.0. The molecule has 4 N–H and O–H groups in total. The van der Waals surface area contributed by atoms with Crippen LogP contribution in [0, 0.1) is 0 Å². The minimum absolute atomic E-state index is 0.0372. The van der Waals surface area contributed by atoms with Crippen molar-refractivity contribution in [3.8, 4) is 0 Å². The predicted molar refractivity (Wildman–Crippen MR) is 159 cm³/mol. The lowest BCUT2D eigenvalue weighted by molar-refractivity contribution is -0.371. The third kappa shape index (κ3) is 27.2. The van der Waals surface area contributed by atoms with Crippen LogP contribution in [0.4, 0.5) is 0 Å². The summed E-state index contributed by atoms with van der Waals surface area (Å²) in [6.45, 7) is 4.05. The minimum Gasteiger partial charge on any atom is -0.462 e. The van der Waals surface area contributed by atoms with Crippen LogP contribution in [0.3, 0.4) is 0 Å². The summed E-state index contributed by atoms with van der Waals surface area (Å²) in [5.41, 5.74) is 3.55. The number of rotatable bonds is 30. The van der Waals surface area contributed by atoms with Crippen molar-refractivity contribution in [3.63, 3.8) is 0 Å². The maximum Gasteiger partial charge on any atom is 0.472 e. The Bertz CT molecular complexity index is 649. The van der Waals surface area contributed by atoms with Gasteiger partial charge in [-0.05, 0) is 12.8 Å². The maximum atomic E-state index is 12.3. The number of carbonyl (C=O) groups excluding carboxylic acids is 2. The van der Waals surface area contributed by atoms with E-state index in [1.807, 2.05) is 0 Å². The normalized spacial score (nSPS) is 13.6. The molecule has 0 aromatic carbocycles. The van der Waals surface area contributed by atoms with E-state index in [1.165, 1.54) is 77.0 Å². The fraction of sp³-hybridized carbons (Fsp3) is 0.933. The quantitative estimate of drug-likeness (QED) is 0.0513. The molecule has 0 rings (SSSR count). The van der Waals surface area contributed by atoms with E-state index in [4.69, 9.17) is 18.5 Å². The zero-order chi connectivity index (χ0) is 29.7. The van der Waals surface area contributed by atoms with E-state index in [0.29, 0.717) is 19.4 Å². The standard InChI is InChI=1S/C30H60NO8P/c1-3-5-7-9-11-12-13-14-15-17-18-20-22-29(32)36-26-28(27-38-40(34,35)37-25-24-31)39-30(33)23-21-19-16-10-8-6-4-2/h28H,3-27,31H2,1-2H3,(H,34,35)/p+1/t28-/m1/s1. The van der Waals surface area contributed by atoms with Gasteiger partial charge in [0.25, 0.3) is 0 Å². The molecule has 0 spiro atoms. The number of esters is 2. The molecule has 2 atom stereocenters. The molecule has 0 bridgehead atoms. The molecule has 1 unspecified atom stereocenters. The first-order chi connectivity index (χ1) is 19.3. The van der Waals surface area contributed by atoms with Gasteiger partial charge in [0, 0.05) is 12.8 Å². The Balaban J connectivity index is 4.25. The summed E-state index contributed by atoms with van der Waals surface area (Å²) in [4.78, 5) is 34.4. The van der Waals surface area contributed by atoms with Crippen LogP contribution in [0.15, 0.2) is 0 Å². The Morgan fingerprint density at radius 2 is 1.07 bits per heavy atom. The molecule has 0 aliphatic heterocycles. The van der Waals surface area contributed by atoms with Gasteiger partial charge in [-0.1, -0.05) is 123 Å². The van der Waals surface area contributed by atoms with Gasteiger partial charge in [0.15, 0.2) is 6.10 Å². The van der Waals surface area contributed by atoms with Gasteiger partial charge < -0.3 is 20.1 Å². The largest absolute Gasteiger partial charge is 0.472 e. The summed E-state index contributed by atoms with van der Waals surface area (Å²) in [5.74, 6) is -0.814. The fourth-order valence-corrected chi connectivity index (χ4v) is 5.14. The number of carbonyl (C=O) groups is 2. The van der Waals surface area contributed by atoms with Crippen molar-refractivity contribution in [2.75, 3.05) is 26.4 Å². The van der Waals surface area contributed by atoms with Crippen molar-refractivity contribution in [2.24, 2.45) is 0 Å². The van der Waals surface area contributed by atoms with E-state index < -0.39 is 26.5 Å². The van der Waals surface area contributed by atoms with Crippen molar-refractivity contribution >= 4 is 19.8 Å². The van der Waals surface area contributed by atoms with Crippen LogP contribution >= 0.6 is 7.82 Å². The number of hydrogen-bond donors (Lipinski definition) is 2. The lowest BCUT2D eigenvalue weighted by atomic mass is 10.0. The second kappa shape index (κ2) is 28.1. The molecule has 0 radical (unpaired) electrons. The average Bonchev–Trinajstić information content (AvgIpc) is 2.93. The highest BCUT2D eigenvalue weighted by atomic mass is 31.2. The van der Waals surface area contributed by atoms with Gasteiger partial charge in [0.05, 0.1) is 13.2 Å². The number of unbranched alkanes of at least 4 members (excludes halogenated alkanes) is 17. The SMILES string of the molecule is CCCCCCCCCCCCCCC(=O)OC[C@H](COP(=O)(O)OCC[NH3+])OC(=O)CCCCCCCCC. The molecule has 40 heavy (non-hydrogen) atoms. The van der Waals surface area contributed by atoms with Gasteiger partial charge in [0.1, 0.15) is 13.2 Å². The highest BCUT2D eigenvalue weighted by Gasteiger charge is 2.26. The molecule has 0 aliphatic rings. The zero-order valence-corrected chi connectivity index (χ0v) is 26.6. The van der Waals surface area contributed by atoms with Gasteiger partial charge in [-0.25, -0.2) is 4.57 Å². The van der Waals surface area contributed by atoms with Gasteiger partial charge in [-0.3, -0.25) is 18.6 Å². The first-order valence-corrected chi connectivity index (χ1v) is 17.6. The smallest absolute Gasteiger partial charge is 0.462 e. The number of quaternary nitrogens is 1. The van der Waals surface area contributed by atoms with Crippen LogP contribution in [-0.4, -0.2) is 49.3 Å². The Labute approximate surface area is 244 Å². The molecule has 0 aromatic rings. The molecule has 0 heterocycles. The van der Waals surface area contributed by atoms with E-state index in [2.05, 4.69) is 19.6 Å². The van der Waals surface area contributed by atoms with Crippen molar-refractivity contribution in [2.45, 2.75) is 155 Å². The number of ether oxygens (including phenoxy) is 2. The lowest BCUT2D eigenvalue weighted by Gasteiger charge is -2.19. The summed E-state index contributed by atoms with van der Waals surface area (Å²) < 4.78 is 32.5. The third-order valence-electron chi connectivity index (χ3n) is 6.77. The summed E-state index contributed by atoms with van der Waals surface area (Å²) >= 11 is 0. The zero-order valence-electron chi connectivity index (χ0n) is 25.7. The van der Waals surface area contributed by atoms with Crippen molar-refractivity contribution < 1.29 is 43.3 Å². The predicted octanol–water partition coefficient (Wildman–Crippen LogP) is 7.05. The number of phosphoric ester groups is 1. The second-order valence-electron chi connectivity index (χ2n) is 10.8. The van der Waals surface area contributed by atoms with E-state index in [1.54, 1.807) is 0 Å². The molecule has 0 amide bonds. The molecule has 0 aromatic heterocycles. The third-order valence-corrected chi connectivity index (χ3v) is 7.75. The van der Waals surface area contributed by atoms with Crippen LogP contribution in [0.25, 0.3) is 0 Å². The van der Waals surface area contributed by atoms with Crippen LogP contribution in [0.1, 0.15) is 149 Å².